The summed E-state index contributed by atoms with van der Waals surface area (Å²) in [6.07, 6.45) is 2.15. The minimum Gasteiger partial charge on any atom is -0.463 e. The zero-order chi connectivity index (χ0) is 16.6. The van der Waals surface area contributed by atoms with Gasteiger partial charge in [-0.05, 0) is 31.4 Å². The Bertz CT molecular complexity index is 620. The molecule has 3 atom stereocenters. The first-order chi connectivity index (χ1) is 11.0. The van der Waals surface area contributed by atoms with Crippen LogP contribution in [0.1, 0.15) is 30.7 Å². The topological polar surface area (TPSA) is 72.6 Å². The van der Waals surface area contributed by atoms with E-state index in [0.717, 1.165) is 12.8 Å². The van der Waals surface area contributed by atoms with Crippen molar-refractivity contribution in [3.8, 4) is 0 Å². The zero-order valence-corrected chi connectivity index (χ0v) is 13.3. The molecule has 3 rings (SSSR count). The number of esters is 1. The molecule has 1 aromatic rings. The Hall–Kier alpha value is -1.82. The van der Waals surface area contributed by atoms with Gasteiger partial charge >= 0.3 is 12.0 Å². The van der Waals surface area contributed by atoms with Crippen molar-refractivity contribution in [2.75, 3.05) is 13.2 Å². The first-order valence-corrected chi connectivity index (χ1v) is 8.03. The normalized spacial score (nSPS) is 26.2. The number of hydrogen-bond donors (Lipinski definition) is 1. The van der Waals surface area contributed by atoms with Crippen LogP contribution in [-0.2, 0) is 9.53 Å². The molecule has 0 bridgehead atoms. The van der Waals surface area contributed by atoms with Crippen molar-refractivity contribution >= 4 is 23.6 Å². The Morgan fingerprint density at radius 3 is 2.91 bits per heavy atom. The molecule has 1 saturated carbocycles. The first kappa shape index (κ1) is 16.1. The van der Waals surface area contributed by atoms with E-state index in [-0.39, 0.29) is 30.5 Å². The number of likely N-dealkylation sites (tertiary alicyclic amines) is 1. The highest BCUT2D eigenvalue weighted by molar-refractivity contribution is 6.31. The third-order valence-corrected chi connectivity index (χ3v) is 4.87. The van der Waals surface area contributed by atoms with Gasteiger partial charge in [-0.3, -0.25) is 4.79 Å². The number of urea groups is 1. The van der Waals surface area contributed by atoms with Crippen molar-refractivity contribution in [2.24, 2.45) is 11.7 Å². The molecule has 1 aliphatic carbocycles. The van der Waals surface area contributed by atoms with E-state index in [9.17, 15) is 14.0 Å². The molecule has 0 aromatic heterocycles. The third-order valence-electron chi connectivity index (χ3n) is 4.54. The van der Waals surface area contributed by atoms with Gasteiger partial charge in [0.1, 0.15) is 12.4 Å². The van der Waals surface area contributed by atoms with Gasteiger partial charge in [0.05, 0.1) is 12.0 Å². The van der Waals surface area contributed by atoms with Crippen molar-refractivity contribution in [1.29, 1.82) is 0 Å². The number of carbonyl (C=O) groups is 2. The lowest BCUT2D eigenvalue weighted by Gasteiger charge is -2.22. The molecule has 0 unspecified atom stereocenters. The average molecular weight is 341 g/mol. The van der Waals surface area contributed by atoms with E-state index >= 15 is 0 Å². The summed E-state index contributed by atoms with van der Waals surface area (Å²) in [7, 11) is 0. The van der Waals surface area contributed by atoms with Crippen LogP contribution in [0.25, 0.3) is 0 Å². The number of halogens is 2. The molecule has 5 nitrogen and oxygen atoms in total. The summed E-state index contributed by atoms with van der Waals surface area (Å²) in [5.74, 6) is -1.36. The lowest BCUT2D eigenvalue weighted by atomic mass is 10.1. The summed E-state index contributed by atoms with van der Waals surface area (Å²) in [5.41, 5.74) is 5.67. The molecule has 2 fully saturated rings. The van der Waals surface area contributed by atoms with Crippen LogP contribution in [0.3, 0.4) is 0 Å². The minimum atomic E-state index is -0.494. The molecule has 2 amide bonds. The molecular formula is C16H18ClFN2O3. The smallest absolute Gasteiger partial charge is 0.315 e. The number of nitrogens with zero attached hydrogens (tertiary/aromatic N) is 1. The van der Waals surface area contributed by atoms with Gasteiger partial charge < -0.3 is 15.4 Å². The van der Waals surface area contributed by atoms with Gasteiger partial charge in [-0.15, -0.1) is 0 Å². The second kappa shape index (κ2) is 6.35. The maximum absolute atomic E-state index is 13.9. The van der Waals surface area contributed by atoms with Crippen LogP contribution in [0, 0.1) is 11.7 Å². The number of benzene rings is 1. The van der Waals surface area contributed by atoms with Crippen LogP contribution in [0.2, 0.25) is 5.02 Å². The van der Waals surface area contributed by atoms with Gasteiger partial charge in [0, 0.05) is 23.0 Å². The predicted octanol–water partition coefficient (Wildman–Crippen LogP) is 2.67. The van der Waals surface area contributed by atoms with E-state index in [2.05, 4.69) is 0 Å². The first-order valence-electron chi connectivity index (χ1n) is 7.65. The van der Waals surface area contributed by atoms with Crippen LogP contribution in [0.5, 0.6) is 0 Å². The maximum atomic E-state index is 13.9. The van der Waals surface area contributed by atoms with Gasteiger partial charge in [-0.25, -0.2) is 9.18 Å². The molecule has 0 spiro atoms. The lowest BCUT2D eigenvalue weighted by molar-refractivity contribution is -0.146. The Kier molecular flexibility index (Phi) is 4.43. The highest BCUT2D eigenvalue weighted by atomic mass is 35.5. The van der Waals surface area contributed by atoms with E-state index in [1.54, 1.807) is 6.07 Å². The van der Waals surface area contributed by atoms with E-state index in [0.29, 0.717) is 23.6 Å². The van der Waals surface area contributed by atoms with Crippen LogP contribution in [0.4, 0.5) is 9.18 Å². The molecule has 7 heteroatoms. The summed E-state index contributed by atoms with van der Waals surface area (Å²) < 4.78 is 19.2. The molecule has 0 radical (unpaired) electrons. The number of nitrogens with two attached hydrogens (primary N) is 1. The van der Waals surface area contributed by atoms with Crippen molar-refractivity contribution < 1.29 is 18.7 Å². The largest absolute Gasteiger partial charge is 0.463 e. The van der Waals surface area contributed by atoms with E-state index in [1.165, 1.54) is 17.0 Å². The molecule has 1 aromatic carbocycles. The van der Waals surface area contributed by atoms with Crippen LogP contribution >= 0.6 is 11.6 Å². The molecule has 124 valence electrons. The molecule has 2 aliphatic rings. The van der Waals surface area contributed by atoms with E-state index in [4.69, 9.17) is 22.1 Å². The number of hydrogen-bond acceptors (Lipinski definition) is 3. The summed E-state index contributed by atoms with van der Waals surface area (Å²) in [5, 5.41) is 0.334. The average Bonchev–Trinajstić information content (AvgIpc) is 3.12. The monoisotopic (exact) mass is 340 g/mol. The molecule has 1 aliphatic heterocycles. The van der Waals surface area contributed by atoms with Crippen LogP contribution in [-0.4, -0.2) is 36.1 Å². The van der Waals surface area contributed by atoms with E-state index in [1.807, 2.05) is 0 Å². The number of primary amides is 1. The fourth-order valence-electron chi connectivity index (χ4n) is 3.22. The summed E-state index contributed by atoms with van der Waals surface area (Å²) in [4.78, 5) is 24.9. The molecule has 23 heavy (non-hydrogen) atoms. The summed E-state index contributed by atoms with van der Waals surface area (Å²) >= 11 is 6.02. The standard InChI is InChI=1S/C16H18ClFN2O3/c17-12-4-1-5-13(18)14(12)10-7-11(10)15(21)23-8-9-3-2-6-20(9)16(19)22/h1,4-5,9-11H,2-3,6-8H2,(H2,19,22)/t9-,10+,11+/m1/s1. The van der Waals surface area contributed by atoms with Gasteiger partial charge in [0.15, 0.2) is 0 Å². The molecular weight excluding hydrogens is 323 g/mol. The van der Waals surface area contributed by atoms with Crippen molar-refractivity contribution in [3.63, 3.8) is 0 Å². The predicted molar refractivity (Wildman–Crippen MR) is 82.5 cm³/mol. The number of rotatable bonds is 4. The van der Waals surface area contributed by atoms with Gasteiger partial charge in [0.25, 0.3) is 0 Å². The number of amides is 2. The summed E-state index contributed by atoms with van der Waals surface area (Å²) in [6, 6.07) is 3.83. The highest BCUT2D eigenvalue weighted by Crippen LogP contribution is 2.51. The van der Waals surface area contributed by atoms with Gasteiger partial charge in [-0.2, -0.15) is 0 Å². The SMILES string of the molecule is NC(=O)N1CCC[C@@H]1COC(=O)[C@H]1C[C@@H]1c1c(F)cccc1Cl. The molecule has 1 heterocycles. The molecule has 1 saturated heterocycles. The fourth-order valence-corrected chi connectivity index (χ4v) is 3.53. The van der Waals surface area contributed by atoms with Crippen LogP contribution < -0.4 is 5.73 Å². The minimum absolute atomic E-state index is 0.135. The fraction of sp³-hybridized carbons (Fsp3) is 0.500. The second-order valence-corrected chi connectivity index (χ2v) is 6.45. The Balaban J connectivity index is 1.56. The van der Waals surface area contributed by atoms with Gasteiger partial charge in [0.2, 0.25) is 0 Å². The van der Waals surface area contributed by atoms with Crippen molar-refractivity contribution in [3.05, 3.63) is 34.6 Å². The lowest BCUT2D eigenvalue weighted by Crippen LogP contribution is -2.42. The number of carbonyl (C=O) groups excluding carboxylic acids is 2. The maximum Gasteiger partial charge on any atom is 0.315 e. The summed E-state index contributed by atoms with van der Waals surface area (Å²) in [6.45, 7) is 0.727. The third kappa shape index (κ3) is 3.27. The highest BCUT2D eigenvalue weighted by Gasteiger charge is 2.47. The van der Waals surface area contributed by atoms with Crippen molar-refractivity contribution in [1.82, 2.24) is 4.90 Å². The molecule has 2 N–H and O–H groups in total. The van der Waals surface area contributed by atoms with Crippen LogP contribution in [0.15, 0.2) is 18.2 Å². The van der Waals surface area contributed by atoms with E-state index < -0.39 is 11.8 Å². The van der Waals surface area contributed by atoms with Crippen molar-refractivity contribution in [2.45, 2.75) is 31.2 Å². The van der Waals surface area contributed by atoms with Gasteiger partial charge in [-0.1, -0.05) is 17.7 Å². The Labute approximate surface area is 138 Å². The Morgan fingerprint density at radius 2 is 2.22 bits per heavy atom. The Morgan fingerprint density at radius 1 is 1.43 bits per heavy atom. The zero-order valence-electron chi connectivity index (χ0n) is 12.5. The number of ether oxygens (including phenoxy) is 1. The second-order valence-electron chi connectivity index (χ2n) is 6.04. The quantitative estimate of drug-likeness (QED) is 0.856.